The second-order valence-electron chi connectivity index (χ2n) is 11.3. The van der Waals surface area contributed by atoms with Gasteiger partial charge in [0.25, 0.3) is 5.40 Å². The molecule has 2 radical (unpaired) electrons. The maximum absolute atomic E-state index is 6.83. The zero-order valence-corrected chi connectivity index (χ0v) is 22.9. The van der Waals surface area contributed by atoms with Gasteiger partial charge in [-0.25, -0.2) is 0 Å². The predicted octanol–water partition coefficient (Wildman–Crippen LogP) is 7.54. The molecule has 8 atom stereocenters. The Balaban J connectivity index is 2.34. The molecule has 2 aliphatic carbocycles. The molecule has 2 aliphatic rings. The Bertz CT molecular complexity index is 671. The largest absolute Gasteiger partial charge is 0.300 e. The quantitative estimate of drug-likeness (QED) is 0.258. The molecule has 156 valence electrons. The highest BCUT2D eigenvalue weighted by Gasteiger charge is 2.82. The minimum atomic E-state index is -0.346. The zero-order valence-electron chi connectivity index (χ0n) is 20.2. The Labute approximate surface area is 181 Å². The van der Waals surface area contributed by atoms with Crippen LogP contribution in [-0.4, -0.2) is 55.8 Å². The fourth-order valence-electron chi connectivity index (χ4n) is 6.60. The van der Waals surface area contributed by atoms with Crippen LogP contribution in [0.1, 0.15) is 68.7 Å². The smallest absolute Gasteiger partial charge is 0.0682 e. The van der Waals surface area contributed by atoms with Gasteiger partial charge in [-0.05, 0) is 62.2 Å². The van der Waals surface area contributed by atoms with Crippen LogP contribution >= 0.6 is 22.6 Å². The third-order valence-electron chi connectivity index (χ3n) is 9.11. The van der Waals surface area contributed by atoms with Crippen molar-refractivity contribution in [2.45, 2.75) is 85.1 Å². The number of fused-ring (bicyclic) bond motifs is 1. The van der Waals surface area contributed by atoms with Gasteiger partial charge < -0.3 is 0 Å². The third kappa shape index (κ3) is 3.59. The molecule has 2 rings (SSSR count). The molecule has 0 aromatic heterocycles. The van der Waals surface area contributed by atoms with E-state index in [9.17, 15) is 0 Å². The van der Waals surface area contributed by atoms with Gasteiger partial charge in [0, 0.05) is 0 Å². The van der Waals surface area contributed by atoms with Crippen molar-refractivity contribution in [1.29, 1.82) is 0 Å². The fourth-order valence-corrected chi connectivity index (χ4v) is 15.1. The highest BCUT2D eigenvalue weighted by molar-refractivity contribution is 7.75. The van der Waals surface area contributed by atoms with Gasteiger partial charge in [-0.1, -0.05) is 40.4 Å². The lowest BCUT2D eigenvalue weighted by Gasteiger charge is -2.41. The van der Waals surface area contributed by atoms with E-state index >= 15 is 0 Å². The van der Waals surface area contributed by atoms with Gasteiger partial charge in [0.2, 0.25) is 0 Å². The molecule has 0 aliphatic heterocycles. The Morgan fingerprint density at radius 1 is 1.04 bits per heavy atom. The van der Waals surface area contributed by atoms with Crippen LogP contribution in [0.4, 0.5) is 0 Å². The number of hydrogen-bond donors (Lipinski definition) is 0. The van der Waals surface area contributed by atoms with Gasteiger partial charge in [-0.3, -0.25) is 0 Å². The SMILES string of the molecule is [B]C1C2C(C)(C)C2(CC(C)(C)[P+](=C)C(C[P+](=C)CC)[P+](=C)CC)C(C)C1(C)C. The van der Waals surface area contributed by atoms with Crippen molar-refractivity contribution in [3.63, 3.8) is 0 Å². The van der Waals surface area contributed by atoms with Gasteiger partial charge in [0.1, 0.15) is 32.6 Å². The topological polar surface area (TPSA) is 0 Å². The molecule has 0 aromatic rings. The molecule has 28 heavy (non-hydrogen) atoms. The molecule has 2 fully saturated rings. The summed E-state index contributed by atoms with van der Waals surface area (Å²) in [5.74, 6) is 1.62. The van der Waals surface area contributed by atoms with E-state index < -0.39 is 0 Å². The van der Waals surface area contributed by atoms with Gasteiger partial charge in [0.15, 0.2) is 6.16 Å². The molecule has 4 heteroatoms. The lowest BCUT2D eigenvalue weighted by atomic mass is 9.59. The molecule has 0 aromatic carbocycles. The first kappa shape index (κ1) is 24.8. The first-order chi connectivity index (χ1) is 12.6. The van der Waals surface area contributed by atoms with E-state index in [-0.39, 0.29) is 33.2 Å². The summed E-state index contributed by atoms with van der Waals surface area (Å²) < 4.78 is 0. The van der Waals surface area contributed by atoms with Gasteiger partial charge in [-0.2, -0.15) is 0 Å². The van der Waals surface area contributed by atoms with Gasteiger partial charge in [-0.15, -0.1) is 0 Å². The molecule has 0 saturated heterocycles. The lowest BCUT2D eigenvalue weighted by Crippen LogP contribution is -2.36. The third-order valence-corrected chi connectivity index (χ3v) is 17.7. The molecule has 0 heterocycles. The van der Waals surface area contributed by atoms with E-state index in [4.69, 9.17) is 14.1 Å². The first-order valence-electron chi connectivity index (χ1n) is 11.1. The minimum Gasteiger partial charge on any atom is -0.0682 e. The molecule has 0 N–H and O–H groups in total. The molecular formula is C24H45BP3+3. The maximum atomic E-state index is 6.83. The van der Waals surface area contributed by atoms with Crippen molar-refractivity contribution in [3.8, 4) is 0 Å². The summed E-state index contributed by atoms with van der Waals surface area (Å²) in [5.41, 5.74) is 0.955. The molecule has 0 spiro atoms. The highest BCUT2D eigenvalue weighted by Crippen LogP contribution is 2.88. The van der Waals surface area contributed by atoms with Crippen LogP contribution in [0, 0.1) is 28.1 Å². The molecule has 2 saturated carbocycles. The summed E-state index contributed by atoms with van der Waals surface area (Å²) in [6, 6.07) is 0. The van der Waals surface area contributed by atoms with Crippen molar-refractivity contribution in [1.82, 2.24) is 0 Å². The van der Waals surface area contributed by atoms with E-state index in [1.165, 1.54) is 24.9 Å². The van der Waals surface area contributed by atoms with E-state index in [1.807, 2.05) is 0 Å². The van der Waals surface area contributed by atoms with Crippen molar-refractivity contribution < 1.29 is 0 Å². The molecule has 0 amide bonds. The highest BCUT2D eigenvalue weighted by atomic mass is 31.2. The van der Waals surface area contributed by atoms with Crippen LogP contribution < -0.4 is 0 Å². The van der Waals surface area contributed by atoms with E-state index in [2.05, 4.69) is 74.9 Å². The van der Waals surface area contributed by atoms with Crippen LogP contribution in [0.15, 0.2) is 0 Å². The summed E-state index contributed by atoms with van der Waals surface area (Å²) in [4.78, 5) is 0. The molecule has 0 nitrogen and oxygen atoms in total. The molecule has 8 unspecified atom stereocenters. The van der Waals surface area contributed by atoms with E-state index in [0.717, 1.165) is 0 Å². The summed E-state index contributed by atoms with van der Waals surface area (Å²) in [6.07, 6.45) is 19.0. The van der Waals surface area contributed by atoms with Crippen molar-refractivity contribution in [3.05, 3.63) is 0 Å². The standard InChI is InChI=1S/C24H45BP3/c1-13-26(10)15-18(27(11)14-2)28(12)21(4,5)16-24-17(3)22(6,7)20(25)19(24)23(24,8)9/h17-20H,10-16H2,1-9H3/q+3. The second kappa shape index (κ2) is 7.92. The Hall–Kier alpha value is 0.575. The number of hydrogen-bond acceptors (Lipinski definition) is 0. The van der Waals surface area contributed by atoms with Crippen molar-refractivity contribution >= 4 is 49.4 Å². The van der Waals surface area contributed by atoms with Gasteiger partial charge in [0.05, 0.1) is 34.3 Å². The zero-order chi connectivity index (χ0) is 21.9. The minimum absolute atomic E-state index is 0.121. The Morgan fingerprint density at radius 3 is 2.00 bits per heavy atom. The summed E-state index contributed by atoms with van der Waals surface area (Å²) in [7, 11) is 6.17. The predicted molar refractivity (Wildman–Crippen MR) is 143 cm³/mol. The van der Waals surface area contributed by atoms with Crippen molar-refractivity contribution in [2.75, 3.05) is 18.5 Å². The van der Waals surface area contributed by atoms with Crippen LogP contribution in [0.25, 0.3) is 0 Å². The average Bonchev–Trinajstić information content (AvgIpc) is 3.04. The summed E-state index contributed by atoms with van der Waals surface area (Å²) >= 11 is 0. The summed E-state index contributed by atoms with van der Waals surface area (Å²) in [5, 5.41) is 0.960. The normalized spacial score (nSPS) is 35.8. The van der Waals surface area contributed by atoms with E-state index in [0.29, 0.717) is 33.9 Å². The van der Waals surface area contributed by atoms with Crippen LogP contribution in [0.5, 0.6) is 0 Å². The van der Waals surface area contributed by atoms with Crippen LogP contribution in [-0.2, 0) is 0 Å². The van der Waals surface area contributed by atoms with Gasteiger partial charge >= 0.3 is 0 Å². The Kier molecular flexibility index (Phi) is 7.03. The monoisotopic (exact) mass is 437 g/mol. The fraction of sp³-hybridized carbons (Fsp3) is 0.875. The first-order valence-corrected chi connectivity index (χ1v) is 16.4. The van der Waals surface area contributed by atoms with Crippen LogP contribution in [0.3, 0.4) is 0 Å². The Morgan fingerprint density at radius 2 is 1.57 bits per heavy atom. The average molecular weight is 437 g/mol. The molecule has 0 bridgehead atoms. The number of rotatable bonds is 9. The van der Waals surface area contributed by atoms with E-state index in [1.54, 1.807) is 0 Å². The summed E-state index contributed by atoms with van der Waals surface area (Å²) in [6.45, 7) is 21.9. The lowest BCUT2D eigenvalue weighted by molar-refractivity contribution is 0.121. The van der Waals surface area contributed by atoms with Crippen LogP contribution in [0.2, 0.25) is 5.82 Å². The maximum Gasteiger partial charge on any atom is 0.300 e. The second-order valence-corrected chi connectivity index (χ2v) is 19.3. The molecular weight excluding hydrogens is 392 g/mol. The van der Waals surface area contributed by atoms with Crippen molar-refractivity contribution in [2.24, 2.45) is 28.1 Å².